The molecule has 5 nitrogen and oxygen atoms in total. The summed E-state index contributed by atoms with van der Waals surface area (Å²) in [5.74, 6) is 0.187. The molecule has 0 bridgehead atoms. The minimum Gasteiger partial charge on any atom is -0.508 e. The van der Waals surface area contributed by atoms with E-state index in [0.29, 0.717) is 19.7 Å². The second-order valence-corrected chi connectivity index (χ2v) is 3.93. The molecule has 5 heteroatoms. The van der Waals surface area contributed by atoms with Crippen molar-refractivity contribution in [3.05, 3.63) is 29.8 Å². The van der Waals surface area contributed by atoms with Crippen molar-refractivity contribution in [2.24, 2.45) is 0 Å². The average molecular weight is 252 g/mol. The summed E-state index contributed by atoms with van der Waals surface area (Å²) in [5.41, 5.74) is 0.782. The van der Waals surface area contributed by atoms with Gasteiger partial charge < -0.3 is 20.5 Å². The minimum absolute atomic E-state index is 0.0541. The van der Waals surface area contributed by atoms with Crippen molar-refractivity contribution in [3.63, 3.8) is 0 Å². The molecule has 0 fully saturated rings. The molecule has 0 aliphatic rings. The Kier molecular flexibility index (Phi) is 6.83. The lowest BCUT2D eigenvalue weighted by molar-refractivity contribution is -0.120. The van der Waals surface area contributed by atoms with E-state index in [1.165, 1.54) is 0 Å². The molecule has 0 heterocycles. The number of phenolic OH excluding ortho intramolecular Hbond substituents is 1. The van der Waals surface area contributed by atoms with E-state index in [-0.39, 0.29) is 18.2 Å². The fourth-order valence-corrected chi connectivity index (χ4v) is 1.48. The van der Waals surface area contributed by atoms with E-state index in [1.807, 2.05) is 12.1 Å². The molecule has 3 N–H and O–H groups in total. The minimum atomic E-state index is -0.0541. The fraction of sp³-hybridized carbons (Fsp3) is 0.462. The van der Waals surface area contributed by atoms with Crippen molar-refractivity contribution in [1.82, 2.24) is 10.6 Å². The standard InChI is InChI=1S/C13H20N2O3/c1-18-8-4-7-15-13(17)10-14-9-11-5-2-3-6-12(11)16/h2-3,5-6,14,16H,4,7-10H2,1H3,(H,15,17). The molecule has 0 aromatic heterocycles. The Morgan fingerprint density at radius 3 is 2.89 bits per heavy atom. The van der Waals surface area contributed by atoms with Crippen molar-refractivity contribution in [2.45, 2.75) is 13.0 Å². The molecule has 0 aliphatic heterocycles. The van der Waals surface area contributed by atoms with E-state index >= 15 is 0 Å². The quantitative estimate of drug-likeness (QED) is 0.594. The number of rotatable bonds is 8. The maximum absolute atomic E-state index is 11.4. The monoisotopic (exact) mass is 252 g/mol. The highest BCUT2D eigenvalue weighted by atomic mass is 16.5. The number of phenols is 1. The van der Waals surface area contributed by atoms with Crippen molar-refractivity contribution in [1.29, 1.82) is 0 Å². The van der Waals surface area contributed by atoms with Crippen LogP contribution in [0.5, 0.6) is 5.75 Å². The first kappa shape index (κ1) is 14.5. The lowest BCUT2D eigenvalue weighted by Gasteiger charge is -2.07. The number of benzene rings is 1. The number of methoxy groups -OCH3 is 1. The Bertz CT molecular complexity index is 369. The van der Waals surface area contributed by atoms with Crippen LogP contribution in [-0.2, 0) is 16.1 Å². The lowest BCUT2D eigenvalue weighted by atomic mass is 10.2. The van der Waals surface area contributed by atoms with Gasteiger partial charge in [0.05, 0.1) is 6.54 Å². The molecule has 0 radical (unpaired) electrons. The van der Waals surface area contributed by atoms with E-state index in [2.05, 4.69) is 10.6 Å². The summed E-state index contributed by atoms with van der Waals surface area (Å²) in [6.45, 7) is 1.97. The number of amides is 1. The predicted molar refractivity (Wildman–Crippen MR) is 69.3 cm³/mol. The first-order valence-corrected chi connectivity index (χ1v) is 5.97. The Hall–Kier alpha value is -1.59. The second-order valence-electron chi connectivity index (χ2n) is 3.93. The van der Waals surface area contributed by atoms with Crippen LogP contribution >= 0.6 is 0 Å². The van der Waals surface area contributed by atoms with Gasteiger partial charge in [-0.1, -0.05) is 18.2 Å². The number of hydrogen-bond acceptors (Lipinski definition) is 4. The summed E-state index contributed by atoms with van der Waals surface area (Å²) < 4.78 is 4.88. The second kappa shape index (κ2) is 8.49. The van der Waals surface area contributed by atoms with E-state index in [4.69, 9.17) is 4.74 Å². The van der Waals surface area contributed by atoms with Gasteiger partial charge in [0.25, 0.3) is 0 Å². The molecule has 1 amide bonds. The Balaban J connectivity index is 2.14. The van der Waals surface area contributed by atoms with Crippen LogP contribution < -0.4 is 10.6 Å². The molecular formula is C13H20N2O3. The predicted octanol–water partition coefficient (Wildman–Crippen LogP) is 0.635. The Morgan fingerprint density at radius 1 is 1.39 bits per heavy atom. The van der Waals surface area contributed by atoms with Crippen molar-refractivity contribution in [3.8, 4) is 5.75 Å². The molecule has 1 rings (SSSR count). The summed E-state index contributed by atoms with van der Waals surface area (Å²) in [6, 6.07) is 7.06. The van der Waals surface area contributed by atoms with Crippen LogP contribution in [0.4, 0.5) is 0 Å². The molecule has 0 aliphatic carbocycles. The highest BCUT2D eigenvalue weighted by molar-refractivity contribution is 5.77. The summed E-state index contributed by atoms with van der Waals surface area (Å²) in [6.07, 6.45) is 0.807. The lowest BCUT2D eigenvalue weighted by Crippen LogP contribution is -2.34. The molecule has 100 valence electrons. The SMILES string of the molecule is COCCCNC(=O)CNCc1ccccc1O. The van der Waals surface area contributed by atoms with Gasteiger partial charge in [-0.25, -0.2) is 0 Å². The van der Waals surface area contributed by atoms with Gasteiger partial charge in [0, 0.05) is 32.4 Å². The summed E-state index contributed by atoms with van der Waals surface area (Å²) in [4.78, 5) is 11.4. The van der Waals surface area contributed by atoms with Gasteiger partial charge >= 0.3 is 0 Å². The van der Waals surface area contributed by atoms with Gasteiger partial charge in [0.1, 0.15) is 5.75 Å². The molecule has 0 atom stereocenters. The number of carbonyl (C=O) groups excluding carboxylic acids is 1. The van der Waals surface area contributed by atoms with Gasteiger partial charge in [0.2, 0.25) is 5.91 Å². The normalized spacial score (nSPS) is 10.3. The maximum atomic E-state index is 11.4. The first-order valence-electron chi connectivity index (χ1n) is 5.97. The van der Waals surface area contributed by atoms with Gasteiger partial charge in [-0.3, -0.25) is 4.79 Å². The molecule has 0 saturated heterocycles. The highest BCUT2D eigenvalue weighted by Gasteiger charge is 2.02. The van der Waals surface area contributed by atoms with Crippen molar-refractivity contribution >= 4 is 5.91 Å². The maximum Gasteiger partial charge on any atom is 0.233 e. The van der Waals surface area contributed by atoms with Gasteiger partial charge in [-0.05, 0) is 12.5 Å². The van der Waals surface area contributed by atoms with Crippen LogP contribution in [0.15, 0.2) is 24.3 Å². The first-order chi connectivity index (χ1) is 8.74. The smallest absolute Gasteiger partial charge is 0.233 e. The van der Waals surface area contributed by atoms with Crippen LogP contribution in [0.2, 0.25) is 0 Å². The zero-order valence-corrected chi connectivity index (χ0v) is 10.6. The van der Waals surface area contributed by atoms with E-state index < -0.39 is 0 Å². The molecule has 0 saturated carbocycles. The number of hydrogen-bond donors (Lipinski definition) is 3. The molecule has 0 spiro atoms. The molecular weight excluding hydrogens is 232 g/mol. The third kappa shape index (κ3) is 5.65. The summed E-state index contributed by atoms with van der Waals surface area (Å²) in [7, 11) is 1.63. The van der Waals surface area contributed by atoms with Gasteiger partial charge in [-0.15, -0.1) is 0 Å². The largest absolute Gasteiger partial charge is 0.508 e. The van der Waals surface area contributed by atoms with Crippen molar-refractivity contribution in [2.75, 3.05) is 26.8 Å². The summed E-state index contributed by atoms with van der Waals surface area (Å²) >= 11 is 0. The van der Waals surface area contributed by atoms with Crippen LogP contribution in [0.25, 0.3) is 0 Å². The number of ether oxygens (including phenoxy) is 1. The fourth-order valence-electron chi connectivity index (χ4n) is 1.48. The zero-order chi connectivity index (χ0) is 13.2. The van der Waals surface area contributed by atoms with Crippen molar-refractivity contribution < 1.29 is 14.6 Å². The number of aromatic hydroxyl groups is 1. The van der Waals surface area contributed by atoms with Gasteiger partial charge in [-0.2, -0.15) is 0 Å². The zero-order valence-electron chi connectivity index (χ0n) is 10.6. The van der Waals surface area contributed by atoms with Crippen LogP contribution in [0.3, 0.4) is 0 Å². The van der Waals surface area contributed by atoms with E-state index in [1.54, 1.807) is 19.2 Å². The highest BCUT2D eigenvalue weighted by Crippen LogP contribution is 2.14. The molecule has 0 unspecified atom stereocenters. The summed E-state index contributed by atoms with van der Waals surface area (Å²) in [5, 5.41) is 15.3. The van der Waals surface area contributed by atoms with Gasteiger partial charge in [0.15, 0.2) is 0 Å². The topological polar surface area (TPSA) is 70.6 Å². The Morgan fingerprint density at radius 2 is 2.17 bits per heavy atom. The third-order valence-corrected chi connectivity index (χ3v) is 2.44. The van der Waals surface area contributed by atoms with Crippen LogP contribution in [-0.4, -0.2) is 37.8 Å². The molecule has 18 heavy (non-hydrogen) atoms. The van der Waals surface area contributed by atoms with Crippen LogP contribution in [0, 0.1) is 0 Å². The third-order valence-electron chi connectivity index (χ3n) is 2.44. The van der Waals surface area contributed by atoms with Crippen LogP contribution in [0.1, 0.15) is 12.0 Å². The number of carbonyl (C=O) groups is 1. The Labute approximate surface area is 107 Å². The van der Waals surface area contributed by atoms with E-state index in [0.717, 1.165) is 12.0 Å². The average Bonchev–Trinajstić information content (AvgIpc) is 2.37. The molecule has 1 aromatic rings. The molecule has 1 aromatic carbocycles. The number of nitrogens with one attached hydrogen (secondary N) is 2. The van der Waals surface area contributed by atoms with E-state index in [9.17, 15) is 9.90 Å². The number of para-hydroxylation sites is 1.